The minimum Gasteiger partial charge on any atom is -0.444 e. The van der Waals surface area contributed by atoms with E-state index in [1.54, 1.807) is 45.0 Å². The lowest BCUT2D eigenvalue weighted by Gasteiger charge is -2.24. The average molecular weight is 407 g/mol. The minimum atomic E-state index is -0.596. The molecule has 0 unspecified atom stereocenters. The van der Waals surface area contributed by atoms with Crippen LogP contribution in [0.1, 0.15) is 55.8 Å². The monoisotopic (exact) mass is 407 g/mol. The van der Waals surface area contributed by atoms with E-state index >= 15 is 0 Å². The number of rotatable bonds is 3. The van der Waals surface area contributed by atoms with Crippen molar-refractivity contribution < 1.29 is 14.3 Å². The lowest BCUT2D eigenvalue weighted by molar-refractivity contribution is 0.0634. The molecule has 1 N–H and O–H groups in total. The van der Waals surface area contributed by atoms with Gasteiger partial charge in [-0.3, -0.25) is 14.5 Å². The quantitative estimate of drug-likeness (QED) is 0.707. The molecule has 2 aromatic heterocycles. The summed E-state index contributed by atoms with van der Waals surface area (Å²) >= 11 is 0. The van der Waals surface area contributed by atoms with Crippen LogP contribution in [0.25, 0.3) is 5.65 Å². The summed E-state index contributed by atoms with van der Waals surface area (Å²) in [6, 6.07) is 12.5. The van der Waals surface area contributed by atoms with Crippen LogP contribution in [0, 0.1) is 0 Å². The standard InChI is InChI=1S/C22H25N5O3/c1-22(2,3)30-21(29)23-16-9-6-8-15(14-16)20(28)26-13-7-10-17(26)19-25-24-18-11-4-5-12-27(18)19/h4-6,8-9,11-12,14,17H,7,10,13H2,1-3H3,(H,23,29)/t17-/m1/s1. The van der Waals surface area contributed by atoms with E-state index in [9.17, 15) is 9.59 Å². The third-order valence-corrected chi connectivity index (χ3v) is 4.91. The number of anilines is 1. The zero-order valence-corrected chi connectivity index (χ0v) is 17.3. The van der Waals surface area contributed by atoms with Gasteiger partial charge in [-0.25, -0.2) is 4.79 Å². The molecule has 0 saturated carbocycles. The van der Waals surface area contributed by atoms with Gasteiger partial charge in [0.1, 0.15) is 5.60 Å². The molecule has 4 rings (SSSR count). The number of benzene rings is 1. The highest BCUT2D eigenvalue weighted by Crippen LogP contribution is 2.32. The highest BCUT2D eigenvalue weighted by Gasteiger charge is 2.33. The van der Waals surface area contributed by atoms with Gasteiger partial charge in [-0.15, -0.1) is 10.2 Å². The first kappa shape index (κ1) is 19.9. The normalized spacial score (nSPS) is 16.6. The van der Waals surface area contributed by atoms with Crippen molar-refractivity contribution in [2.24, 2.45) is 0 Å². The summed E-state index contributed by atoms with van der Waals surface area (Å²) in [4.78, 5) is 27.2. The largest absolute Gasteiger partial charge is 0.444 e. The topological polar surface area (TPSA) is 88.8 Å². The first-order chi connectivity index (χ1) is 14.3. The van der Waals surface area contributed by atoms with Crippen molar-refractivity contribution in [2.45, 2.75) is 45.3 Å². The Labute approximate surface area is 174 Å². The van der Waals surface area contributed by atoms with Gasteiger partial charge >= 0.3 is 6.09 Å². The zero-order chi connectivity index (χ0) is 21.3. The fraction of sp³-hybridized carbons (Fsp3) is 0.364. The van der Waals surface area contributed by atoms with Crippen LogP contribution in [-0.4, -0.2) is 43.6 Å². The number of carbonyl (C=O) groups excluding carboxylic acids is 2. The molecule has 1 saturated heterocycles. The Balaban J connectivity index is 1.54. The maximum Gasteiger partial charge on any atom is 0.412 e. The minimum absolute atomic E-state index is 0.0991. The fourth-order valence-electron chi connectivity index (χ4n) is 3.68. The number of nitrogens with one attached hydrogen (secondary N) is 1. The van der Waals surface area contributed by atoms with Crippen LogP contribution in [0.3, 0.4) is 0 Å². The van der Waals surface area contributed by atoms with Gasteiger partial charge in [-0.1, -0.05) is 12.1 Å². The number of nitrogens with zero attached hydrogens (tertiary/aromatic N) is 4. The van der Waals surface area contributed by atoms with E-state index in [4.69, 9.17) is 4.74 Å². The summed E-state index contributed by atoms with van der Waals surface area (Å²) in [6.45, 7) is 6.05. The molecular weight excluding hydrogens is 382 g/mol. The SMILES string of the molecule is CC(C)(C)OC(=O)Nc1cccc(C(=O)N2CCC[C@@H]2c2nnc3ccccn23)c1. The van der Waals surface area contributed by atoms with Crippen LogP contribution >= 0.6 is 0 Å². The molecule has 156 valence electrons. The molecule has 0 spiro atoms. The molecule has 1 aromatic carbocycles. The summed E-state index contributed by atoms with van der Waals surface area (Å²) < 4.78 is 7.21. The molecule has 3 heterocycles. The molecule has 30 heavy (non-hydrogen) atoms. The van der Waals surface area contributed by atoms with Gasteiger partial charge in [-0.2, -0.15) is 0 Å². The van der Waals surface area contributed by atoms with Crippen molar-refractivity contribution >= 4 is 23.3 Å². The highest BCUT2D eigenvalue weighted by molar-refractivity contribution is 5.96. The highest BCUT2D eigenvalue weighted by atomic mass is 16.6. The predicted octanol–water partition coefficient (Wildman–Crippen LogP) is 4.05. The number of hydrogen-bond acceptors (Lipinski definition) is 5. The Hall–Kier alpha value is -3.42. The van der Waals surface area contributed by atoms with Gasteiger partial charge in [0.15, 0.2) is 11.5 Å². The number of hydrogen-bond donors (Lipinski definition) is 1. The number of ether oxygens (including phenoxy) is 1. The van der Waals surface area contributed by atoms with Crippen LogP contribution in [0.4, 0.5) is 10.5 Å². The van der Waals surface area contributed by atoms with Crippen molar-refractivity contribution in [3.05, 3.63) is 60.0 Å². The molecule has 0 aliphatic carbocycles. The molecule has 0 bridgehead atoms. The van der Waals surface area contributed by atoms with Crippen LogP contribution in [0.15, 0.2) is 48.7 Å². The Bertz CT molecular complexity index is 1090. The third kappa shape index (κ3) is 4.12. The zero-order valence-electron chi connectivity index (χ0n) is 17.3. The summed E-state index contributed by atoms with van der Waals surface area (Å²) in [5.74, 6) is 0.664. The number of carbonyl (C=O) groups is 2. The summed E-state index contributed by atoms with van der Waals surface area (Å²) in [6.07, 6.45) is 3.09. The van der Waals surface area contributed by atoms with Gasteiger partial charge in [0.25, 0.3) is 5.91 Å². The van der Waals surface area contributed by atoms with Gasteiger partial charge < -0.3 is 9.64 Å². The molecule has 1 aliphatic heterocycles. The lowest BCUT2D eigenvalue weighted by atomic mass is 10.1. The molecule has 2 amide bonds. The lowest BCUT2D eigenvalue weighted by Crippen LogP contribution is -2.31. The first-order valence-electron chi connectivity index (χ1n) is 10.0. The number of pyridine rings is 1. The van der Waals surface area contributed by atoms with Gasteiger partial charge in [-0.05, 0) is 63.9 Å². The second kappa shape index (κ2) is 7.78. The van der Waals surface area contributed by atoms with E-state index in [0.29, 0.717) is 17.8 Å². The molecule has 1 atom stereocenters. The van der Waals surface area contributed by atoms with E-state index in [1.807, 2.05) is 33.7 Å². The first-order valence-corrected chi connectivity index (χ1v) is 10.0. The van der Waals surface area contributed by atoms with Gasteiger partial charge in [0, 0.05) is 24.0 Å². The molecule has 1 fully saturated rings. The second-order valence-corrected chi connectivity index (χ2v) is 8.35. The van der Waals surface area contributed by atoms with Crippen molar-refractivity contribution in [2.75, 3.05) is 11.9 Å². The molecule has 8 heteroatoms. The van der Waals surface area contributed by atoms with Crippen molar-refractivity contribution in [3.8, 4) is 0 Å². The van der Waals surface area contributed by atoms with E-state index in [2.05, 4.69) is 15.5 Å². The Morgan fingerprint density at radius 3 is 2.77 bits per heavy atom. The molecular formula is C22H25N5O3. The van der Waals surface area contributed by atoms with Crippen LogP contribution in [0.2, 0.25) is 0 Å². The maximum atomic E-state index is 13.3. The summed E-state index contributed by atoms with van der Waals surface area (Å²) in [5, 5.41) is 11.2. The molecule has 3 aromatic rings. The van der Waals surface area contributed by atoms with Crippen LogP contribution in [-0.2, 0) is 4.74 Å². The smallest absolute Gasteiger partial charge is 0.412 e. The number of aromatic nitrogens is 3. The average Bonchev–Trinajstić information content (AvgIpc) is 3.32. The Morgan fingerprint density at radius 2 is 1.97 bits per heavy atom. The van der Waals surface area contributed by atoms with E-state index < -0.39 is 11.7 Å². The predicted molar refractivity (Wildman–Crippen MR) is 112 cm³/mol. The number of likely N-dealkylation sites (tertiary alicyclic amines) is 1. The second-order valence-electron chi connectivity index (χ2n) is 8.35. The van der Waals surface area contributed by atoms with E-state index in [0.717, 1.165) is 24.3 Å². The van der Waals surface area contributed by atoms with Crippen molar-refractivity contribution in [1.29, 1.82) is 0 Å². The maximum absolute atomic E-state index is 13.3. The Morgan fingerprint density at radius 1 is 1.13 bits per heavy atom. The molecule has 8 nitrogen and oxygen atoms in total. The molecule has 0 radical (unpaired) electrons. The summed E-state index contributed by atoms with van der Waals surface area (Å²) in [7, 11) is 0. The van der Waals surface area contributed by atoms with E-state index in [-0.39, 0.29) is 11.9 Å². The van der Waals surface area contributed by atoms with Gasteiger partial charge in [0.05, 0.1) is 6.04 Å². The van der Waals surface area contributed by atoms with Gasteiger partial charge in [0.2, 0.25) is 0 Å². The van der Waals surface area contributed by atoms with Crippen molar-refractivity contribution in [3.63, 3.8) is 0 Å². The number of amides is 2. The van der Waals surface area contributed by atoms with Crippen LogP contribution in [0.5, 0.6) is 0 Å². The van der Waals surface area contributed by atoms with Crippen molar-refractivity contribution in [1.82, 2.24) is 19.5 Å². The summed E-state index contributed by atoms with van der Waals surface area (Å²) in [5.41, 5.74) is 1.18. The Kier molecular flexibility index (Phi) is 5.15. The molecule has 1 aliphatic rings. The number of fused-ring (bicyclic) bond motifs is 1. The van der Waals surface area contributed by atoms with E-state index in [1.165, 1.54) is 0 Å². The fourth-order valence-corrected chi connectivity index (χ4v) is 3.68. The third-order valence-electron chi connectivity index (χ3n) is 4.91. The van der Waals surface area contributed by atoms with Crippen LogP contribution < -0.4 is 5.32 Å².